The molecule has 0 spiro atoms. The van der Waals surface area contributed by atoms with Gasteiger partial charge in [-0.15, -0.1) is 0 Å². The van der Waals surface area contributed by atoms with Crippen molar-refractivity contribution in [1.29, 1.82) is 0 Å². The highest BCUT2D eigenvalue weighted by atomic mass is 14.8. The SMILES string of the molecule is CCC1=C(C)c2cc3ccc(cc4ccc(cc5nc(cc1n2)C=C5)[nH]4)[nH]3. The average Bonchev–Trinajstić information content (AvgIpc) is 3.41. The lowest BCUT2D eigenvalue weighted by Crippen LogP contribution is -1.82. The maximum atomic E-state index is 4.89. The van der Waals surface area contributed by atoms with Crippen LogP contribution in [0, 0.1) is 0 Å². The van der Waals surface area contributed by atoms with E-state index in [-0.39, 0.29) is 0 Å². The molecule has 0 saturated carbocycles. The van der Waals surface area contributed by atoms with Crippen LogP contribution in [0.25, 0.3) is 45.4 Å². The maximum Gasteiger partial charge on any atom is 0.0693 e. The van der Waals surface area contributed by atoms with Crippen molar-refractivity contribution >= 4 is 45.4 Å². The molecule has 0 amide bonds. The van der Waals surface area contributed by atoms with Crippen LogP contribution in [0.2, 0.25) is 0 Å². The third-order valence-corrected chi connectivity index (χ3v) is 5.08. The van der Waals surface area contributed by atoms with Crippen LogP contribution in [-0.2, 0) is 0 Å². The molecule has 8 bridgehead atoms. The predicted octanol–water partition coefficient (Wildman–Crippen LogP) is 5.83. The van der Waals surface area contributed by atoms with Crippen LogP contribution in [0.15, 0.2) is 48.5 Å². The Balaban J connectivity index is 1.87. The molecule has 2 aliphatic rings. The highest BCUT2D eigenvalue weighted by Crippen LogP contribution is 2.32. The van der Waals surface area contributed by atoms with E-state index in [0.29, 0.717) is 0 Å². The molecule has 5 rings (SSSR count). The van der Waals surface area contributed by atoms with Crippen molar-refractivity contribution in [3.63, 3.8) is 0 Å². The molecule has 27 heavy (non-hydrogen) atoms. The second-order valence-electron chi connectivity index (χ2n) is 6.95. The largest absolute Gasteiger partial charge is 0.355 e. The van der Waals surface area contributed by atoms with E-state index in [2.05, 4.69) is 72.3 Å². The molecule has 132 valence electrons. The molecule has 3 aromatic rings. The Kier molecular flexibility index (Phi) is 3.57. The minimum Gasteiger partial charge on any atom is -0.355 e. The maximum absolute atomic E-state index is 4.89. The van der Waals surface area contributed by atoms with Gasteiger partial charge in [0.1, 0.15) is 0 Å². The normalized spacial score (nSPS) is 13.4. The zero-order chi connectivity index (χ0) is 18.4. The third-order valence-electron chi connectivity index (χ3n) is 5.08. The number of rotatable bonds is 1. The number of aromatic amines is 2. The molecule has 0 aromatic carbocycles. The molecule has 0 atom stereocenters. The van der Waals surface area contributed by atoms with E-state index >= 15 is 0 Å². The molecular formula is C23H20N4. The monoisotopic (exact) mass is 352 g/mol. The summed E-state index contributed by atoms with van der Waals surface area (Å²) in [6, 6.07) is 16.7. The van der Waals surface area contributed by atoms with Crippen molar-refractivity contribution in [2.24, 2.45) is 0 Å². The van der Waals surface area contributed by atoms with Crippen molar-refractivity contribution in [1.82, 2.24) is 19.9 Å². The first-order valence-electron chi connectivity index (χ1n) is 9.25. The van der Waals surface area contributed by atoms with Gasteiger partial charge in [0.25, 0.3) is 0 Å². The summed E-state index contributed by atoms with van der Waals surface area (Å²) in [7, 11) is 0. The van der Waals surface area contributed by atoms with Gasteiger partial charge in [0.15, 0.2) is 0 Å². The number of allylic oxidation sites excluding steroid dienone is 2. The number of nitrogens with zero attached hydrogens (tertiary/aromatic N) is 2. The van der Waals surface area contributed by atoms with Gasteiger partial charge in [0, 0.05) is 22.1 Å². The van der Waals surface area contributed by atoms with E-state index in [0.717, 1.165) is 51.3 Å². The summed E-state index contributed by atoms with van der Waals surface area (Å²) in [5.74, 6) is 0. The Hall–Kier alpha value is -3.40. The molecule has 0 saturated heterocycles. The lowest BCUT2D eigenvalue weighted by Gasteiger charge is -1.98. The standard InChI is InChI=1S/C23H20N4/c1-3-21-14(2)22-12-19-8-6-17(25-19)10-15-4-5-16(24-15)11-18-7-9-20(26-18)13-23(21)27-22/h4-13,24-25H,3H2,1-2H3. The van der Waals surface area contributed by atoms with E-state index in [1.807, 2.05) is 12.2 Å². The highest BCUT2D eigenvalue weighted by molar-refractivity contribution is 5.92. The lowest BCUT2D eigenvalue weighted by atomic mass is 10.0. The second kappa shape index (κ2) is 6.09. The number of hydrogen-bond acceptors (Lipinski definition) is 2. The molecule has 4 nitrogen and oxygen atoms in total. The minimum absolute atomic E-state index is 0.938. The summed E-state index contributed by atoms with van der Waals surface area (Å²) in [5.41, 5.74) is 10.6. The third kappa shape index (κ3) is 2.89. The van der Waals surface area contributed by atoms with E-state index < -0.39 is 0 Å². The van der Waals surface area contributed by atoms with Gasteiger partial charge in [-0.05, 0) is 85.2 Å². The molecule has 0 radical (unpaired) electrons. The Morgan fingerprint density at radius 2 is 1.30 bits per heavy atom. The first kappa shape index (κ1) is 15.8. The molecule has 0 unspecified atom stereocenters. The van der Waals surface area contributed by atoms with Gasteiger partial charge < -0.3 is 9.97 Å². The Bertz CT molecular complexity index is 1270. The van der Waals surface area contributed by atoms with Crippen LogP contribution in [0.4, 0.5) is 0 Å². The molecule has 0 fully saturated rings. The fourth-order valence-corrected chi connectivity index (χ4v) is 3.70. The number of hydrogen-bond donors (Lipinski definition) is 2. The quantitative estimate of drug-likeness (QED) is 0.453. The first-order chi connectivity index (χ1) is 13.2. The van der Waals surface area contributed by atoms with Crippen molar-refractivity contribution < 1.29 is 0 Å². The lowest BCUT2D eigenvalue weighted by molar-refractivity contribution is 1.20. The molecule has 3 aromatic heterocycles. The summed E-state index contributed by atoms with van der Waals surface area (Å²) >= 11 is 0. The van der Waals surface area contributed by atoms with E-state index in [1.54, 1.807) is 0 Å². The zero-order valence-electron chi connectivity index (χ0n) is 15.4. The van der Waals surface area contributed by atoms with Crippen LogP contribution >= 0.6 is 0 Å². The Morgan fingerprint density at radius 1 is 0.704 bits per heavy atom. The highest BCUT2D eigenvalue weighted by Gasteiger charge is 2.15. The summed E-state index contributed by atoms with van der Waals surface area (Å²) in [6.45, 7) is 4.33. The molecular weight excluding hydrogens is 332 g/mol. The fourth-order valence-electron chi connectivity index (χ4n) is 3.70. The van der Waals surface area contributed by atoms with Gasteiger partial charge in [0.2, 0.25) is 0 Å². The molecule has 5 heterocycles. The molecule has 2 N–H and O–H groups in total. The van der Waals surface area contributed by atoms with Gasteiger partial charge in [-0.3, -0.25) is 0 Å². The van der Waals surface area contributed by atoms with E-state index in [1.165, 1.54) is 11.1 Å². The number of aromatic nitrogens is 4. The topological polar surface area (TPSA) is 57.4 Å². The van der Waals surface area contributed by atoms with E-state index in [9.17, 15) is 0 Å². The smallest absolute Gasteiger partial charge is 0.0693 e. The van der Waals surface area contributed by atoms with Gasteiger partial charge in [-0.2, -0.15) is 0 Å². The van der Waals surface area contributed by atoms with Gasteiger partial charge in [-0.25, -0.2) is 9.97 Å². The second-order valence-corrected chi connectivity index (χ2v) is 6.95. The number of nitrogens with one attached hydrogen (secondary N) is 2. The van der Waals surface area contributed by atoms with Crippen LogP contribution < -0.4 is 0 Å². The van der Waals surface area contributed by atoms with Crippen molar-refractivity contribution in [2.45, 2.75) is 20.3 Å². The summed E-state index contributed by atoms with van der Waals surface area (Å²) in [5, 5.41) is 0. The number of fused-ring (bicyclic) bond motifs is 8. The van der Waals surface area contributed by atoms with Gasteiger partial charge >= 0.3 is 0 Å². The van der Waals surface area contributed by atoms with Crippen LogP contribution in [0.1, 0.15) is 43.0 Å². The molecule has 4 heteroatoms. The van der Waals surface area contributed by atoms with Crippen molar-refractivity contribution in [3.05, 3.63) is 71.3 Å². The fraction of sp³-hybridized carbons (Fsp3) is 0.130. The first-order valence-corrected chi connectivity index (χ1v) is 9.25. The molecule has 2 aliphatic heterocycles. The van der Waals surface area contributed by atoms with Gasteiger partial charge in [-0.1, -0.05) is 6.92 Å². The van der Waals surface area contributed by atoms with E-state index in [4.69, 9.17) is 9.97 Å². The van der Waals surface area contributed by atoms with Gasteiger partial charge in [0.05, 0.1) is 22.8 Å². The van der Waals surface area contributed by atoms with Crippen LogP contribution in [0.5, 0.6) is 0 Å². The summed E-state index contributed by atoms with van der Waals surface area (Å²) in [4.78, 5) is 16.5. The molecule has 0 aliphatic carbocycles. The van der Waals surface area contributed by atoms with Crippen molar-refractivity contribution in [3.8, 4) is 0 Å². The zero-order valence-corrected chi connectivity index (χ0v) is 15.4. The van der Waals surface area contributed by atoms with Crippen molar-refractivity contribution in [2.75, 3.05) is 0 Å². The number of H-pyrrole nitrogens is 2. The summed E-state index contributed by atoms with van der Waals surface area (Å²) < 4.78 is 0. The average molecular weight is 352 g/mol. The Morgan fingerprint density at radius 3 is 1.96 bits per heavy atom. The minimum atomic E-state index is 0.938. The van der Waals surface area contributed by atoms with Crippen LogP contribution in [-0.4, -0.2) is 19.9 Å². The Labute approximate surface area is 157 Å². The predicted molar refractivity (Wildman–Crippen MR) is 113 cm³/mol. The summed E-state index contributed by atoms with van der Waals surface area (Å²) in [6.07, 6.45) is 5.04. The van der Waals surface area contributed by atoms with Crippen LogP contribution in [0.3, 0.4) is 0 Å².